The lowest BCUT2D eigenvalue weighted by Crippen LogP contribution is -2.01. The molecule has 0 saturated heterocycles. The Kier molecular flexibility index (Phi) is 3.61. The van der Waals surface area contributed by atoms with Crippen molar-refractivity contribution in [3.63, 3.8) is 0 Å². The molecule has 17 heavy (non-hydrogen) atoms. The van der Waals surface area contributed by atoms with Gasteiger partial charge in [-0.25, -0.2) is 4.79 Å². The molecule has 0 saturated carbocycles. The number of nitrogens with one attached hydrogen (secondary N) is 2. The molecule has 4 nitrogen and oxygen atoms in total. The largest absolute Gasteiger partial charge is 0.323 e. The fourth-order valence-electron chi connectivity index (χ4n) is 2.19. The van der Waals surface area contributed by atoms with Gasteiger partial charge in [0, 0.05) is 12.1 Å². The summed E-state index contributed by atoms with van der Waals surface area (Å²) in [7, 11) is 0. The van der Waals surface area contributed by atoms with Gasteiger partial charge in [-0.3, -0.25) is 4.98 Å². The normalized spacial score (nSPS) is 13.1. The van der Waals surface area contributed by atoms with E-state index >= 15 is 0 Å². The minimum absolute atomic E-state index is 0.157. The standard InChI is InChI=1S/C13H19N3O/c1-3-4-5-6-9(2)11-12-10(7-8-14-11)15-13(17)16-12/h7-9H,3-6H2,1-2H3,(H2,15,16,17). The Hall–Kier alpha value is -1.58. The summed E-state index contributed by atoms with van der Waals surface area (Å²) in [6, 6.07) is 1.83. The van der Waals surface area contributed by atoms with E-state index in [9.17, 15) is 4.79 Å². The first-order valence-corrected chi connectivity index (χ1v) is 6.29. The van der Waals surface area contributed by atoms with Crippen LogP contribution in [0.3, 0.4) is 0 Å². The maximum atomic E-state index is 11.3. The SMILES string of the molecule is CCCCCC(C)c1nccc2[nH]c(=O)[nH]c12. The average molecular weight is 233 g/mol. The maximum Gasteiger partial charge on any atom is 0.323 e. The van der Waals surface area contributed by atoms with Gasteiger partial charge in [-0.15, -0.1) is 0 Å². The molecule has 4 heteroatoms. The predicted molar refractivity (Wildman–Crippen MR) is 69.3 cm³/mol. The number of aromatic amines is 2. The van der Waals surface area contributed by atoms with Crippen LogP contribution in [0.2, 0.25) is 0 Å². The molecule has 0 spiro atoms. The van der Waals surface area contributed by atoms with Gasteiger partial charge in [0.1, 0.15) is 0 Å². The molecule has 0 bridgehead atoms. The Bertz CT molecular complexity index is 541. The molecule has 0 aromatic carbocycles. The highest BCUT2D eigenvalue weighted by molar-refractivity contribution is 5.76. The second kappa shape index (κ2) is 5.17. The van der Waals surface area contributed by atoms with Crippen LogP contribution in [0.4, 0.5) is 0 Å². The van der Waals surface area contributed by atoms with Gasteiger partial charge >= 0.3 is 5.69 Å². The van der Waals surface area contributed by atoms with E-state index in [0.717, 1.165) is 23.1 Å². The van der Waals surface area contributed by atoms with Crippen molar-refractivity contribution in [1.82, 2.24) is 15.0 Å². The summed E-state index contributed by atoms with van der Waals surface area (Å²) in [6.07, 6.45) is 6.57. The summed E-state index contributed by atoms with van der Waals surface area (Å²) in [5, 5.41) is 0. The summed E-state index contributed by atoms with van der Waals surface area (Å²) < 4.78 is 0. The Labute approximate surface area is 100 Å². The van der Waals surface area contributed by atoms with Gasteiger partial charge in [0.25, 0.3) is 0 Å². The van der Waals surface area contributed by atoms with E-state index in [1.807, 2.05) is 6.07 Å². The van der Waals surface area contributed by atoms with Crippen LogP contribution < -0.4 is 5.69 Å². The minimum Gasteiger partial charge on any atom is -0.306 e. The van der Waals surface area contributed by atoms with Crippen molar-refractivity contribution in [3.8, 4) is 0 Å². The van der Waals surface area contributed by atoms with E-state index in [4.69, 9.17) is 0 Å². The van der Waals surface area contributed by atoms with E-state index in [1.54, 1.807) is 6.20 Å². The molecule has 0 aliphatic heterocycles. The van der Waals surface area contributed by atoms with E-state index in [2.05, 4.69) is 28.8 Å². The zero-order valence-electron chi connectivity index (χ0n) is 10.4. The number of hydrogen-bond donors (Lipinski definition) is 2. The summed E-state index contributed by atoms with van der Waals surface area (Å²) in [4.78, 5) is 21.3. The van der Waals surface area contributed by atoms with Crippen molar-refractivity contribution in [2.24, 2.45) is 0 Å². The molecule has 2 aromatic heterocycles. The number of imidazole rings is 1. The van der Waals surface area contributed by atoms with Gasteiger partial charge < -0.3 is 9.97 Å². The monoisotopic (exact) mass is 233 g/mol. The first-order valence-electron chi connectivity index (χ1n) is 6.29. The summed E-state index contributed by atoms with van der Waals surface area (Å²) >= 11 is 0. The van der Waals surface area contributed by atoms with Crippen LogP contribution in [-0.4, -0.2) is 15.0 Å². The maximum absolute atomic E-state index is 11.3. The topological polar surface area (TPSA) is 61.5 Å². The molecule has 2 aromatic rings. The first-order chi connectivity index (χ1) is 8.22. The fourth-order valence-corrected chi connectivity index (χ4v) is 2.19. The molecule has 0 aliphatic rings. The number of aromatic nitrogens is 3. The highest BCUT2D eigenvalue weighted by Crippen LogP contribution is 2.24. The third-order valence-corrected chi connectivity index (χ3v) is 3.17. The minimum atomic E-state index is -0.157. The van der Waals surface area contributed by atoms with E-state index in [0.29, 0.717) is 5.92 Å². The van der Waals surface area contributed by atoms with Crippen molar-refractivity contribution < 1.29 is 0 Å². The number of rotatable bonds is 5. The second-order valence-electron chi connectivity index (χ2n) is 4.59. The van der Waals surface area contributed by atoms with Crippen molar-refractivity contribution in [2.45, 2.75) is 45.4 Å². The zero-order chi connectivity index (χ0) is 12.3. The quantitative estimate of drug-likeness (QED) is 0.780. The molecule has 0 fully saturated rings. The number of hydrogen-bond acceptors (Lipinski definition) is 2. The molecule has 0 radical (unpaired) electrons. The lowest BCUT2D eigenvalue weighted by molar-refractivity contribution is 0.590. The van der Waals surface area contributed by atoms with E-state index in [-0.39, 0.29) is 5.69 Å². The Morgan fingerprint density at radius 3 is 2.94 bits per heavy atom. The molecule has 2 heterocycles. The summed E-state index contributed by atoms with van der Waals surface area (Å²) in [6.45, 7) is 4.37. The highest BCUT2D eigenvalue weighted by atomic mass is 16.1. The molecule has 0 aliphatic carbocycles. The van der Waals surface area contributed by atoms with Crippen LogP contribution in [-0.2, 0) is 0 Å². The molecule has 92 valence electrons. The summed E-state index contributed by atoms with van der Waals surface area (Å²) in [5.41, 5.74) is 2.55. The lowest BCUT2D eigenvalue weighted by Gasteiger charge is -2.10. The Balaban J connectivity index is 2.25. The molecule has 1 atom stereocenters. The number of H-pyrrole nitrogens is 2. The van der Waals surface area contributed by atoms with Crippen molar-refractivity contribution in [2.75, 3.05) is 0 Å². The smallest absolute Gasteiger partial charge is 0.306 e. The van der Waals surface area contributed by atoms with Gasteiger partial charge in [0.15, 0.2) is 0 Å². The fraction of sp³-hybridized carbons (Fsp3) is 0.538. The molecule has 1 unspecified atom stereocenters. The predicted octanol–water partition coefficient (Wildman–Crippen LogP) is 2.94. The van der Waals surface area contributed by atoms with Crippen LogP contribution in [0.5, 0.6) is 0 Å². The van der Waals surface area contributed by atoms with Gasteiger partial charge in [0.2, 0.25) is 0 Å². The van der Waals surface area contributed by atoms with Gasteiger partial charge in [-0.1, -0.05) is 33.1 Å². The molecule has 2 N–H and O–H groups in total. The Morgan fingerprint density at radius 2 is 2.18 bits per heavy atom. The van der Waals surface area contributed by atoms with Crippen molar-refractivity contribution >= 4 is 11.0 Å². The van der Waals surface area contributed by atoms with Crippen LogP contribution >= 0.6 is 0 Å². The van der Waals surface area contributed by atoms with Gasteiger partial charge in [-0.05, 0) is 12.5 Å². The third-order valence-electron chi connectivity index (χ3n) is 3.17. The van der Waals surface area contributed by atoms with Crippen LogP contribution in [0, 0.1) is 0 Å². The van der Waals surface area contributed by atoms with Crippen molar-refractivity contribution in [1.29, 1.82) is 0 Å². The molecule has 2 rings (SSSR count). The van der Waals surface area contributed by atoms with E-state index in [1.165, 1.54) is 19.3 Å². The molecular weight excluding hydrogens is 214 g/mol. The third kappa shape index (κ3) is 2.57. The Morgan fingerprint density at radius 1 is 1.35 bits per heavy atom. The molecule has 0 amide bonds. The highest BCUT2D eigenvalue weighted by Gasteiger charge is 2.12. The van der Waals surface area contributed by atoms with Crippen LogP contribution in [0.1, 0.15) is 51.1 Å². The number of nitrogens with zero attached hydrogens (tertiary/aromatic N) is 1. The number of pyridine rings is 1. The van der Waals surface area contributed by atoms with Crippen molar-refractivity contribution in [3.05, 3.63) is 28.4 Å². The van der Waals surface area contributed by atoms with E-state index < -0.39 is 0 Å². The van der Waals surface area contributed by atoms with Gasteiger partial charge in [-0.2, -0.15) is 0 Å². The number of fused-ring (bicyclic) bond motifs is 1. The van der Waals surface area contributed by atoms with Gasteiger partial charge in [0.05, 0.1) is 16.7 Å². The van der Waals surface area contributed by atoms with Crippen LogP contribution in [0.25, 0.3) is 11.0 Å². The molecular formula is C13H19N3O. The average Bonchev–Trinajstić information content (AvgIpc) is 2.69. The lowest BCUT2D eigenvalue weighted by atomic mass is 9.98. The second-order valence-corrected chi connectivity index (χ2v) is 4.59. The van der Waals surface area contributed by atoms with Crippen LogP contribution in [0.15, 0.2) is 17.1 Å². The number of unbranched alkanes of at least 4 members (excludes halogenated alkanes) is 2. The summed E-state index contributed by atoms with van der Waals surface area (Å²) in [5.74, 6) is 0.386. The zero-order valence-corrected chi connectivity index (χ0v) is 10.4. The first kappa shape index (κ1) is 11.9.